The Morgan fingerprint density at radius 3 is 2.72 bits per heavy atom. The average Bonchev–Trinajstić information content (AvgIpc) is 2.39. The van der Waals surface area contributed by atoms with Gasteiger partial charge >= 0.3 is 0 Å². The molecular weight excluding hydrogens is 224 g/mol. The molecule has 0 aliphatic carbocycles. The maximum atomic E-state index is 5.78. The van der Waals surface area contributed by atoms with Gasteiger partial charge in [0.05, 0.1) is 11.7 Å². The molecule has 1 unspecified atom stereocenters. The van der Waals surface area contributed by atoms with Crippen LogP contribution in [0.15, 0.2) is 42.5 Å². The van der Waals surface area contributed by atoms with Crippen LogP contribution >= 0.6 is 0 Å². The zero-order valence-electron chi connectivity index (χ0n) is 10.4. The molecule has 0 radical (unpaired) electrons. The molecule has 0 saturated heterocycles. The Bertz CT molecular complexity index is 525. The third kappa shape index (κ3) is 2.99. The first-order valence-electron chi connectivity index (χ1n) is 5.97. The summed E-state index contributed by atoms with van der Waals surface area (Å²) in [6.07, 6.45) is 0. The Morgan fingerprint density at radius 2 is 2.00 bits per heavy atom. The minimum Gasteiger partial charge on any atom is -0.399 e. The van der Waals surface area contributed by atoms with Crippen LogP contribution in [0.3, 0.4) is 0 Å². The van der Waals surface area contributed by atoms with Gasteiger partial charge in [0.25, 0.3) is 0 Å². The fourth-order valence-electron chi connectivity index (χ4n) is 1.81. The van der Waals surface area contributed by atoms with Gasteiger partial charge < -0.3 is 16.8 Å². The van der Waals surface area contributed by atoms with Crippen molar-refractivity contribution in [2.45, 2.75) is 19.5 Å². The SMILES string of the molecule is CC(Nc1cccc(CN)n1)c1cccc(N)c1. The summed E-state index contributed by atoms with van der Waals surface area (Å²) < 4.78 is 0. The van der Waals surface area contributed by atoms with Gasteiger partial charge in [0, 0.05) is 12.2 Å². The lowest BCUT2D eigenvalue weighted by Crippen LogP contribution is -2.09. The van der Waals surface area contributed by atoms with Crippen molar-refractivity contribution in [3.8, 4) is 0 Å². The minimum atomic E-state index is 0.147. The van der Waals surface area contributed by atoms with E-state index >= 15 is 0 Å². The predicted molar refractivity (Wildman–Crippen MR) is 75.0 cm³/mol. The number of hydrogen-bond donors (Lipinski definition) is 3. The van der Waals surface area contributed by atoms with Gasteiger partial charge in [-0.05, 0) is 36.8 Å². The monoisotopic (exact) mass is 242 g/mol. The van der Waals surface area contributed by atoms with Gasteiger partial charge in [0.2, 0.25) is 0 Å². The van der Waals surface area contributed by atoms with Crippen LogP contribution in [0, 0.1) is 0 Å². The van der Waals surface area contributed by atoms with Crippen molar-refractivity contribution in [2.75, 3.05) is 11.1 Å². The zero-order valence-corrected chi connectivity index (χ0v) is 10.4. The maximum absolute atomic E-state index is 5.78. The lowest BCUT2D eigenvalue weighted by atomic mass is 10.1. The van der Waals surface area contributed by atoms with E-state index in [1.165, 1.54) is 0 Å². The van der Waals surface area contributed by atoms with Gasteiger partial charge in [-0.3, -0.25) is 0 Å². The van der Waals surface area contributed by atoms with E-state index in [0.717, 1.165) is 22.8 Å². The highest BCUT2D eigenvalue weighted by molar-refractivity contribution is 5.45. The Labute approximate surface area is 107 Å². The van der Waals surface area contributed by atoms with E-state index < -0.39 is 0 Å². The molecule has 0 aliphatic heterocycles. The van der Waals surface area contributed by atoms with Crippen molar-refractivity contribution in [3.05, 3.63) is 53.7 Å². The van der Waals surface area contributed by atoms with Gasteiger partial charge in [-0.2, -0.15) is 0 Å². The van der Waals surface area contributed by atoms with Crippen LogP contribution in [0.1, 0.15) is 24.2 Å². The molecule has 2 aromatic rings. The standard InChI is InChI=1S/C14H18N4/c1-10(11-4-2-5-12(16)8-11)17-14-7-3-6-13(9-15)18-14/h2-8,10H,9,15-16H2,1H3,(H,17,18). The van der Waals surface area contributed by atoms with Crippen LogP contribution in [0.25, 0.3) is 0 Å². The van der Waals surface area contributed by atoms with Crippen LogP contribution in [0.5, 0.6) is 0 Å². The van der Waals surface area contributed by atoms with E-state index in [-0.39, 0.29) is 6.04 Å². The molecule has 0 spiro atoms. The lowest BCUT2D eigenvalue weighted by Gasteiger charge is -2.15. The topological polar surface area (TPSA) is 77.0 Å². The Kier molecular flexibility index (Phi) is 3.79. The summed E-state index contributed by atoms with van der Waals surface area (Å²) in [5.74, 6) is 0.827. The van der Waals surface area contributed by atoms with Crippen molar-refractivity contribution in [1.82, 2.24) is 4.98 Å². The quantitative estimate of drug-likeness (QED) is 0.719. The maximum Gasteiger partial charge on any atom is 0.126 e. The molecule has 1 heterocycles. The molecule has 1 aromatic heterocycles. The predicted octanol–water partition coefficient (Wildman–Crippen LogP) is 2.30. The minimum absolute atomic E-state index is 0.147. The molecule has 0 amide bonds. The van der Waals surface area contributed by atoms with E-state index in [4.69, 9.17) is 11.5 Å². The Balaban J connectivity index is 2.13. The van der Waals surface area contributed by atoms with Crippen LogP contribution in [0.4, 0.5) is 11.5 Å². The summed E-state index contributed by atoms with van der Waals surface area (Å²) >= 11 is 0. The largest absolute Gasteiger partial charge is 0.399 e. The molecule has 0 bridgehead atoms. The van der Waals surface area contributed by atoms with Crippen LogP contribution in [0.2, 0.25) is 0 Å². The van der Waals surface area contributed by atoms with E-state index in [1.54, 1.807) is 0 Å². The number of nitrogen functional groups attached to an aromatic ring is 1. The number of nitrogens with zero attached hydrogens (tertiary/aromatic N) is 1. The fraction of sp³-hybridized carbons (Fsp3) is 0.214. The van der Waals surface area contributed by atoms with Gasteiger partial charge in [-0.15, -0.1) is 0 Å². The fourth-order valence-corrected chi connectivity index (χ4v) is 1.81. The third-order valence-electron chi connectivity index (χ3n) is 2.79. The third-order valence-corrected chi connectivity index (χ3v) is 2.79. The van der Waals surface area contributed by atoms with E-state index in [0.29, 0.717) is 6.54 Å². The summed E-state index contributed by atoms with van der Waals surface area (Å²) in [6.45, 7) is 2.52. The van der Waals surface area contributed by atoms with Crippen LogP contribution < -0.4 is 16.8 Å². The second-order valence-electron chi connectivity index (χ2n) is 4.25. The zero-order chi connectivity index (χ0) is 13.0. The molecule has 1 atom stereocenters. The Morgan fingerprint density at radius 1 is 1.22 bits per heavy atom. The van der Waals surface area contributed by atoms with E-state index in [2.05, 4.69) is 17.2 Å². The highest BCUT2D eigenvalue weighted by Gasteiger charge is 2.06. The van der Waals surface area contributed by atoms with Gasteiger partial charge in [-0.25, -0.2) is 4.98 Å². The van der Waals surface area contributed by atoms with Gasteiger partial charge in [0.15, 0.2) is 0 Å². The first kappa shape index (κ1) is 12.4. The van der Waals surface area contributed by atoms with Crippen molar-refractivity contribution < 1.29 is 0 Å². The first-order valence-corrected chi connectivity index (χ1v) is 5.97. The highest BCUT2D eigenvalue weighted by atomic mass is 15.0. The second kappa shape index (κ2) is 5.51. The molecule has 1 aromatic carbocycles. The van der Waals surface area contributed by atoms with Crippen molar-refractivity contribution in [3.63, 3.8) is 0 Å². The summed E-state index contributed by atoms with van der Waals surface area (Å²) in [5, 5.41) is 3.34. The molecule has 4 nitrogen and oxygen atoms in total. The second-order valence-corrected chi connectivity index (χ2v) is 4.25. The number of hydrogen-bond acceptors (Lipinski definition) is 4. The number of benzene rings is 1. The van der Waals surface area contributed by atoms with Gasteiger partial charge in [0.1, 0.15) is 5.82 Å². The number of nitrogens with one attached hydrogen (secondary N) is 1. The normalized spacial score (nSPS) is 12.1. The molecular formula is C14H18N4. The summed E-state index contributed by atoms with van der Waals surface area (Å²) in [5.41, 5.74) is 14.1. The number of rotatable bonds is 4. The molecule has 94 valence electrons. The van der Waals surface area contributed by atoms with Crippen molar-refractivity contribution >= 4 is 11.5 Å². The molecule has 0 aliphatic rings. The summed E-state index contributed by atoms with van der Waals surface area (Å²) in [4.78, 5) is 4.41. The molecule has 0 fully saturated rings. The number of anilines is 2. The average molecular weight is 242 g/mol. The first-order chi connectivity index (χ1) is 8.69. The van der Waals surface area contributed by atoms with Crippen LogP contribution in [-0.2, 0) is 6.54 Å². The summed E-state index contributed by atoms with van der Waals surface area (Å²) in [6, 6.07) is 13.8. The number of aromatic nitrogens is 1. The van der Waals surface area contributed by atoms with Crippen molar-refractivity contribution in [2.24, 2.45) is 5.73 Å². The van der Waals surface area contributed by atoms with E-state index in [1.807, 2.05) is 42.5 Å². The lowest BCUT2D eigenvalue weighted by molar-refractivity contribution is 0.867. The molecule has 2 rings (SSSR count). The number of nitrogens with two attached hydrogens (primary N) is 2. The highest BCUT2D eigenvalue weighted by Crippen LogP contribution is 2.19. The molecule has 0 saturated carbocycles. The number of pyridine rings is 1. The van der Waals surface area contributed by atoms with Crippen LogP contribution in [-0.4, -0.2) is 4.98 Å². The van der Waals surface area contributed by atoms with Crippen molar-refractivity contribution in [1.29, 1.82) is 0 Å². The molecule has 5 N–H and O–H groups in total. The smallest absolute Gasteiger partial charge is 0.126 e. The van der Waals surface area contributed by atoms with E-state index in [9.17, 15) is 0 Å². The molecule has 18 heavy (non-hydrogen) atoms. The van der Waals surface area contributed by atoms with Gasteiger partial charge in [-0.1, -0.05) is 18.2 Å². The Hall–Kier alpha value is -2.07. The molecule has 4 heteroatoms. The summed E-state index contributed by atoms with van der Waals surface area (Å²) in [7, 11) is 0.